The van der Waals surface area contributed by atoms with Crippen molar-refractivity contribution in [2.24, 2.45) is 0 Å². The highest BCUT2D eigenvalue weighted by Gasteiger charge is 2.14. The zero-order valence-electron chi connectivity index (χ0n) is 11.6. The molecule has 4 rings (SSSR count). The van der Waals surface area contributed by atoms with Crippen molar-refractivity contribution in [3.63, 3.8) is 0 Å². The Bertz CT molecular complexity index is 956. The van der Waals surface area contributed by atoms with E-state index >= 15 is 0 Å². The molecule has 0 amide bonds. The SMILES string of the molecule is Clc1nc2ccccc2nc1Oc1nc2ccccc2nc1Cl. The molecule has 112 valence electrons. The molecule has 0 atom stereocenters. The van der Waals surface area contributed by atoms with E-state index in [4.69, 9.17) is 27.9 Å². The van der Waals surface area contributed by atoms with E-state index in [9.17, 15) is 0 Å². The lowest BCUT2D eigenvalue weighted by Crippen LogP contribution is -1.97. The predicted molar refractivity (Wildman–Crippen MR) is 89.2 cm³/mol. The van der Waals surface area contributed by atoms with Crippen molar-refractivity contribution in [2.75, 3.05) is 0 Å². The molecule has 0 bridgehead atoms. The van der Waals surface area contributed by atoms with Crippen LogP contribution in [0.4, 0.5) is 0 Å². The second-order valence-electron chi connectivity index (χ2n) is 4.72. The minimum Gasteiger partial charge on any atom is -0.414 e. The lowest BCUT2D eigenvalue weighted by Gasteiger charge is -2.08. The van der Waals surface area contributed by atoms with E-state index in [-0.39, 0.29) is 22.1 Å². The number of hydrogen-bond acceptors (Lipinski definition) is 5. The third kappa shape index (κ3) is 2.65. The van der Waals surface area contributed by atoms with Gasteiger partial charge in [-0.3, -0.25) is 0 Å². The van der Waals surface area contributed by atoms with E-state index in [1.54, 1.807) is 0 Å². The topological polar surface area (TPSA) is 60.8 Å². The van der Waals surface area contributed by atoms with Gasteiger partial charge in [-0.25, -0.2) is 19.9 Å². The van der Waals surface area contributed by atoms with Crippen LogP contribution in [-0.4, -0.2) is 19.9 Å². The fourth-order valence-corrected chi connectivity index (χ4v) is 2.49. The predicted octanol–water partition coefficient (Wildman–Crippen LogP) is 4.67. The zero-order valence-corrected chi connectivity index (χ0v) is 13.1. The van der Waals surface area contributed by atoms with Gasteiger partial charge in [0, 0.05) is 0 Å². The van der Waals surface area contributed by atoms with E-state index in [1.165, 1.54) is 0 Å². The van der Waals surface area contributed by atoms with Crippen molar-refractivity contribution in [1.82, 2.24) is 19.9 Å². The maximum atomic E-state index is 6.13. The van der Waals surface area contributed by atoms with Crippen LogP contribution >= 0.6 is 23.2 Å². The fraction of sp³-hybridized carbons (Fsp3) is 0. The van der Waals surface area contributed by atoms with Crippen LogP contribution in [-0.2, 0) is 0 Å². The van der Waals surface area contributed by atoms with Gasteiger partial charge in [-0.15, -0.1) is 0 Å². The highest BCUT2D eigenvalue weighted by Crippen LogP contribution is 2.31. The first kappa shape index (κ1) is 14.1. The van der Waals surface area contributed by atoms with Crippen molar-refractivity contribution < 1.29 is 4.74 Å². The summed E-state index contributed by atoms with van der Waals surface area (Å²) in [6.07, 6.45) is 0. The van der Waals surface area contributed by atoms with Gasteiger partial charge in [0.2, 0.25) is 0 Å². The first-order valence-electron chi connectivity index (χ1n) is 6.73. The van der Waals surface area contributed by atoms with Gasteiger partial charge < -0.3 is 4.74 Å². The number of halogens is 2. The highest BCUT2D eigenvalue weighted by molar-refractivity contribution is 6.31. The minimum absolute atomic E-state index is 0.134. The standard InChI is InChI=1S/C16H8Cl2N4O/c17-13-15(21-11-7-3-1-5-9(11)19-13)23-16-14(18)20-10-6-2-4-8-12(10)22-16/h1-8H. The lowest BCUT2D eigenvalue weighted by molar-refractivity contribution is 0.445. The first-order chi connectivity index (χ1) is 11.2. The molecule has 23 heavy (non-hydrogen) atoms. The largest absolute Gasteiger partial charge is 0.414 e. The Morgan fingerprint density at radius 2 is 0.913 bits per heavy atom. The minimum atomic E-state index is 0.134. The summed E-state index contributed by atoms with van der Waals surface area (Å²) in [5.74, 6) is 0.272. The van der Waals surface area contributed by atoms with Crippen LogP contribution in [0.5, 0.6) is 11.8 Å². The van der Waals surface area contributed by atoms with Crippen molar-refractivity contribution in [3.8, 4) is 11.8 Å². The van der Waals surface area contributed by atoms with Gasteiger partial charge in [-0.05, 0) is 24.3 Å². The molecule has 2 aromatic carbocycles. The summed E-state index contributed by atoms with van der Waals surface area (Å²) in [7, 11) is 0. The Kier molecular flexibility index (Phi) is 3.44. The molecule has 0 N–H and O–H groups in total. The average Bonchev–Trinajstić information content (AvgIpc) is 2.56. The molecule has 0 radical (unpaired) electrons. The van der Waals surface area contributed by atoms with Gasteiger partial charge in [0.15, 0.2) is 10.3 Å². The summed E-state index contributed by atoms with van der Waals surface area (Å²) in [5.41, 5.74) is 2.69. The quantitative estimate of drug-likeness (QED) is 0.529. The molecular formula is C16H8Cl2N4O. The van der Waals surface area contributed by atoms with Crippen LogP contribution in [0.2, 0.25) is 10.3 Å². The summed E-state index contributed by atoms with van der Waals surface area (Å²) in [4.78, 5) is 17.2. The fourth-order valence-electron chi connectivity index (χ4n) is 2.15. The lowest BCUT2D eigenvalue weighted by atomic mass is 10.3. The molecule has 0 aliphatic heterocycles. The number of rotatable bonds is 2. The summed E-state index contributed by atoms with van der Waals surface area (Å²) >= 11 is 12.3. The summed E-state index contributed by atoms with van der Waals surface area (Å²) in [6, 6.07) is 14.7. The number of fused-ring (bicyclic) bond motifs is 2. The van der Waals surface area contributed by atoms with E-state index in [0.29, 0.717) is 22.1 Å². The molecule has 0 saturated carbocycles. The van der Waals surface area contributed by atoms with Crippen LogP contribution in [0.3, 0.4) is 0 Å². The molecule has 0 saturated heterocycles. The smallest absolute Gasteiger partial charge is 0.259 e. The number of nitrogens with zero attached hydrogens (tertiary/aromatic N) is 4. The molecule has 0 spiro atoms. The van der Waals surface area contributed by atoms with Gasteiger partial charge in [-0.1, -0.05) is 47.5 Å². The Hall–Kier alpha value is -2.50. The third-order valence-corrected chi connectivity index (χ3v) is 3.68. The van der Waals surface area contributed by atoms with Gasteiger partial charge in [-0.2, -0.15) is 0 Å². The van der Waals surface area contributed by atoms with E-state index in [1.807, 2.05) is 48.5 Å². The maximum absolute atomic E-state index is 6.13. The first-order valence-corrected chi connectivity index (χ1v) is 7.49. The Morgan fingerprint density at radius 3 is 1.30 bits per heavy atom. The Balaban J connectivity index is 1.81. The number of benzene rings is 2. The molecule has 5 nitrogen and oxygen atoms in total. The van der Waals surface area contributed by atoms with Crippen LogP contribution < -0.4 is 4.74 Å². The molecule has 0 aliphatic carbocycles. The molecule has 0 unspecified atom stereocenters. The van der Waals surface area contributed by atoms with Crippen molar-refractivity contribution in [3.05, 3.63) is 58.8 Å². The normalized spacial score (nSPS) is 11.0. The van der Waals surface area contributed by atoms with E-state index < -0.39 is 0 Å². The van der Waals surface area contributed by atoms with Gasteiger partial charge in [0.05, 0.1) is 22.1 Å². The molecule has 2 aromatic heterocycles. The molecule has 0 fully saturated rings. The summed E-state index contributed by atoms with van der Waals surface area (Å²) < 4.78 is 5.65. The van der Waals surface area contributed by atoms with Crippen LogP contribution in [0, 0.1) is 0 Å². The zero-order chi connectivity index (χ0) is 15.8. The van der Waals surface area contributed by atoms with Crippen molar-refractivity contribution >= 4 is 45.3 Å². The van der Waals surface area contributed by atoms with Crippen molar-refractivity contribution in [2.45, 2.75) is 0 Å². The number of hydrogen-bond donors (Lipinski definition) is 0. The number of ether oxygens (including phenoxy) is 1. The Morgan fingerprint density at radius 1 is 0.565 bits per heavy atom. The van der Waals surface area contributed by atoms with Gasteiger partial charge in [0.1, 0.15) is 0 Å². The van der Waals surface area contributed by atoms with E-state index in [0.717, 1.165) is 0 Å². The third-order valence-electron chi connectivity index (χ3n) is 3.19. The van der Waals surface area contributed by atoms with Gasteiger partial charge >= 0.3 is 0 Å². The van der Waals surface area contributed by atoms with Crippen LogP contribution in [0.15, 0.2) is 48.5 Å². The maximum Gasteiger partial charge on any atom is 0.259 e. The monoisotopic (exact) mass is 342 g/mol. The second-order valence-corrected chi connectivity index (χ2v) is 5.43. The molecule has 4 aromatic rings. The molecule has 2 heterocycles. The number of aromatic nitrogens is 4. The molecule has 0 aliphatic rings. The molecule has 7 heteroatoms. The molecular weight excluding hydrogens is 335 g/mol. The van der Waals surface area contributed by atoms with Crippen LogP contribution in [0.1, 0.15) is 0 Å². The number of para-hydroxylation sites is 4. The summed E-state index contributed by atoms with van der Waals surface area (Å²) in [5, 5.41) is 0.268. The Labute approximate surface area is 140 Å². The van der Waals surface area contributed by atoms with E-state index in [2.05, 4.69) is 19.9 Å². The van der Waals surface area contributed by atoms with Crippen molar-refractivity contribution in [1.29, 1.82) is 0 Å². The van der Waals surface area contributed by atoms with Crippen LogP contribution in [0.25, 0.3) is 22.1 Å². The second kappa shape index (κ2) is 5.61. The average molecular weight is 343 g/mol. The highest BCUT2D eigenvalue weighted by atomic mass is 35.5. The summed E-state index contributed by atoms with van der Waals surface area (Å²) in [6.45, 7) is 0. The van der Waals surface area contributed by atoms with Gasteiger partial charge in [0.25, 0.3) is 11.8 Å².